The SMILES string of the molecule is C/C=S1/CCc2nc(N)nc(N3CC(C)(C)[C@H]3c3nn4ccc(Cl)c4c(=O)n3-c3ccccn3)c21. The number of aryl methyl sites for hydroxylation is 1. The average Bonchev–Trinajstić information content (AvgIpc) is 3.41. The van der Waals surface area contributed by atoms with Gasteiger partial charge in [0.2, 0.25) is 5.95 Å². The van der Waals surface area contributed by atoms with Crippen LogP contribution >= 0.6 is 22.1 Å². The van der Waals surface area contributed by atoms with Crippen LogP contribution in [0.5, 0.6) is 0 Å². The summed E-state index contributed by atoms with van der Waals surface area (Å²) in [5.74, 6) is 3.20. The number of nitrogens with zero attached hydrogens (tertiary/aromatic N) is 7. The first-order chi connectivity index (χ1) is 16.8. The molecular weight excluding hydrogens is 484 g/mol. The van der Waals surface area contributed by atoms with Gasteiger partial charge in [0.1, 0.15) is 17.2 Å². The lowest BCUT2D eigenvalue weighted by molar-refractivity contribution is 0.165. The predicted octanol–water partition coefficient (Wildman–Crippen LogP) is 3.50. The third-order valence-electron chi connectivity index (χ3n) is 6.73. The van der Waals surface area contributed by atoms with E-state index >= 15 is 0 Å². The Bertz CT molecular complexity index is 1580. The third kappa shape index (κ3) is 3.30. The van der Waals surface area contributed by atoms with E-state index in [1.165, 1.54) is 0 Å². The molecule has 2 atom stereocenters. The van der Waals surface area contributed by atoms with E-state index in [0.717, 1.165) is 35.1 Å². The fourth-order valence-corrected chi connectivity index (χ4v) is 7.38. The molecule has 2 N–H and O–H groups in total. The molecule has 35 heavy (non-hydrogen) atoms. The number of hydrogen-bond donors (Lipinski definition) is 1. The number of fused-ring (bicyclic) bond motifs is 2. The van der Waals surface area contributed by atoms with Crippen LogP contribution in [0.1, 0.15) is 38.3 Å². The quantitative estimate of drug-likeness (QED) is 0.422. The van der Waals surface area contributed by atoms with Gasteiger partial charge in [0, 0.05) is 24.4 Å². The first-order valence-corrected chi connectivity index (χ1v) is 13.3. The van der Waals surface area contributed by atoms with Crippen LogP contribution in [0.3, 0.4) is 0 Å². The largest absolute Gasteiger partial charge is 0.368 e. The number of anilines is 2. The molecule has 0 aliphatic carbocycles. The van der Waals surface area contributed by atoms with Gasteiger partial charge in [-0.1, -0.05) is 36.9 Å². The van der Waals surface area contributed by atoms with Gasteiger partial charge >= 0.3 is 0 Å². The van der Waals surface area contributed by atoms with Crippen LogP contribution in [0, 0.1) is 5.41 Å². The minimum atomic E-state index is -0.263. The average molecular weight is 509 g/mol. The summed E-state index contributed by atoms with van der Waals surface area (Å²) in [7, 11) is -0.0493. The van der Waals surface area contributed by atoms with Gasteiger partial charge in [0.05, 0.1) is 21.7 Å². The summed E-state index contributed by atoms with van der Waals surface area (Å²) in [5.41, 5.74) is 7.03. The zero-order chi connectivity index (χ0) is 24.5. The van der Waals surface area contributed by atoms with Crippen molar-refractivity contribution >= 4 is 44.7 Å². The summed E-state index contributed by atoms with van der Waals surface area (Å²) >= 11 is 6.37. The van der Waals surface area contributed by atoms with Gasteiger partial charge in [-0.2, -0.15) is 20.6 Å². The molecule has 11 heteroatoms. The second kappa shape index (κ2) is 7.89. The van der Waals surface area contributed by atoms with E-state index in [1.807, 2.05) is 12.1 Å². The molecule has 180 valence electrons. The molecule has 0 spiro atoms. The van der Waals surface area contributed by atoms with Crippen molar-refractivity contribution in [1.82, 2.24) is 29.1 Å². The first kappa shape index (κ1) is 22.2. The van der Waals surface area contributed by atoms with Crippen molar-refractivity contribution in [2.45, 2.75) is 38.1 Å². The van der Waals surface area contributed by atoms with Crippen molar-refractivity contribution in [2.24, 2.45) is 5.41 Å². The molecule has 0 bridgehead atoms. The number of halogens is 1. The fourth-order valence-electron chi connectivity index (χ4n) is 5.22. The second-order valence-electron chi connectivity index (χ2n) is 9.46. The van der Waals surface area contributed by atoms with E-state index in [0.29, 0.717) is 22.2 Å². The van der Waals surface area contributed by atoms with E-state index in [-0.39, 0.29) is 33.4 Å². The van der Waals surface area contributed by atoms with Crippen molar-refractivity contribution in [3.05, 3.63) is 63.6 Å². The Morgan fingerprint density at radius 3 is 2.80 bits per heavy atom. The Labute approximate surface area is 209 Å². The molecule has 0 radical (unpaired) electrons. The maximum atomic E-state index is 13.8. The highest BCUT2D eigenvalue weighted by Gasteiger charge is 2.51. The molecule has 2 aliphatic rings. The zero-order valence-electron chi connectivity index (χ0n) is 19.6. The second-order valence-corrected chi connectivity index (χ2v) is 12.0. The Hall–Kier alpha value is -3.24. The standard InChI is InChI=1S/C24H25ClN8OS/c1-4-35-12-9-15-18(35)20(29-23(26)28-15)31-13-24(2,3)19(31)21-30-32-11-8-14(25)17(32)22(34)33(21)16-7-5-6-10-27-16/h4-8,10-11,19H,9,12-13H2,1-3H3,(H2,26,28,29)/t19-,35?/m1/s1. The van der Waals surface area contributed by atoms with Crippen LogP contribution in [-0.4, -0.2) is 46.8 Å². The molecule has 6 rings (SSSR count). The summed E-state index contributed by atoms with van der Waals surface area (Å²) in [6.45, 7) is 7.17. The number of aromatic nitrogens is 6. The molecule has 4 aromatic rings. The van der Waals surface area contributed by atoms with Crippen molar-refractivity contribution in [3.8, 4) is 5.82 Å². The molecule has 0 aromatic carbocycles. The maximum absolute atomic E-state index is 13.8. The number of rotatable bonds is 3. The first-order valence-electron chi connectivity index (χ1n) is 11.4. The molecule has 6 heterocycles. The van der Waals surface area contributed by atoms with E-state index in [1.54, 1.807) is 33.6 Å². The van der Waals surface area contributed by atoms with Gasteiger partial charge in [0.15, 0.2) is 5.82 Å². The minimum absolute atomic E-state index is 0.0493. The number of nitrogens with two attached hydrogens (primary N) is 1. The van der Waals surface area contributed by atoms with E-state index < -0.39 is 0 Å². The molecule has 1 unspecified atom stereocenters. The highest BCUT2D eigenvalue weighted by Crippen LogP contribution is 2.53. The maximum Gasteiger partial charge on any atom is 0.285 e. The third-order valence-corrected chi connectivity index (χ3v) is 9.19. The lowest BCUT2D eigenvalue weighted by atomic mass is 9.74. The van der Waals surface area contributed by atoms with Gasteiger partial charge in [-0.25, -0.2) is 19.1 Å². The monoisotopic (exact) mass is 508 g/mol. The molecule has 4 aromatic heterocycles. The van der Waals surface area contributed by atoms with Gasteiger partial charge in [0.25, 0.3) is 5.56 Å². The van der Waals surface area contributed by atoms with E-state index in [4.69, 9.17) is 27.4 Å². The van der Waals surface area contributed by atoms with Crippen molar-refractivity contribution in [3.63, 3.8) is 0 Å². The topological polar surface area (TPSA) is 107 Å². The molecular formula is C24H25ClN8OS. The van der Waals surface area contributed by atoms with Gasteiger partial charge in [-0.05, 0) is 37.3 Å². The predicted molar refractivity (Wildman–Crippen MR) is 140 cm³/mol. The van der Waals surface area contributed by atoms with Gasteiger partial charge in [-0.15, -0.1) is 0 Å². The van der Waals surface area contributed by atoms with Crippen LogP contribution in [-0.2, 0) is 6.42 Å². The smallest absolute Gasteiger partial charge is 0.285 e. The van der Waals surface area contributed by atoms with Crippen LogP contribution in [0.4, 0.5) is 11.8 Å². The Balaban J connectivity index is 1.61. The van der Waals surface area contributed by atoms with Crippen LogP contribution in [0.15, 0.2) is 46.3 Å². The van der Waals surface area contributed by atoms with Crippen LogP contribution in [0.25, 0.3) is 11.3 Å². The number of nitrogen functional groups attached to an aromatic ring is 1. The lowest BCUT2D eigenvalue weighted by Crippen LogP contribution is -2.58. The molecule has 0 amide bonds. The highest BCUT2D eigenvalue weighted by molar-refractivity contribution is 8.15. The molecule has 1 saturated heterocycles. The summed E-state index contributed by atoms with van der Waals surface area (Å²) < 4.78 is 3.14. The van der Waals surface area contributed by atoms with Gasteiger partial charge < -0.3 is 10.6 Å². The van der Waals surface area contributed by atoms with Crippen molar-refractivity contribution in [2.75, 3.05) is 22.9 Å². The van der Waals surface area contributed by atoms with E-state index in [9.17, 15) is 4.79 Å². The molecule has 0 saturated carbocycles. The van der Waals surface area contributed by atoms with Crippen LogP contribution in [0.2, 0.25) is 5.02 Å². The zero-order valence-corrected chi connectivity index (χ0v) is 21.2. The summed E-state index contributed by atoms with van der Waals surface area (Å²) in [6.07, 6.45) is 4.26. The lowest BCUT2D eigenvalue weighted by Gasteiger charge is -2.54. The summed E-state index contributed by atoms with van der Waals surface area (Å²) in [5, 5.41) is 7.50. The Kier molecular flexibility index (Phi) is 5.01. The van der Waals surface area contributed by atoms with Crippen LogP contribution < -0.4 is 16.2 Å². The number of hydrogen-bond acceptors (Lipinski definition) is 7. The molecule has 9 nitrogen and oxygen atoms in total. The summed E-state index contributed by atoms with van der Waals surface area (Å²) in [4.78, 5) is 30.9. The normalized spacial score (nSPS) is 20.9. The number of pyridine rings is 1. The minimum Gasteiger partial charge on any atom is -0.368 e. The van der Waals surface area contributed by atoms with E-state index in [2.05, 4.69) is 41.0 Å². The fraction of sp³-hybridized carbons (Fsp3) is 0.333. The summed E-state index contributed by atoms with van der Waals surface area (Å²) in [6, 6.07) is 6.91. The van der Waals surface area contributed by atoms with Crippen molar-refractivity contribution in [1.29, 1.82) is 0 Å². The van der Waals surface area contributed by atoms with Gasteiger partial charge in [-0.3, -0.25) is 4.79 Å². The Morgan fingerprint density at radius 1 is 1.26 bits per heavy atom. The molecule has 2 aliphatic heterocycles. The van der Waals surface area contributed by atoms with Crippen molar-refractivity contribution < 1.29 is 0 Å². The molecule has 1 fully saturated rings. The Morgan fingerprint density at radius 2 is 2.09 bits per heavy atom. The highest BCUT2D eigenvalue weighted by atomic mass is 35.5.